The van der Waals surface area contributed by atoms with Crippen molar-refractivity contribution in [3.05, 3.63) is 29.0 Å². The minimum Gasteiger partial charge on any atom is -0.356 e. The van der Waals surface area contributed by atoms with E-state index in [9.17, 15) is 0 Å². The third kappa shape index (κ3) is 6.02. The SMILES string of the molecule is CN=C(NCCc1ccc(Cl)nc1)N(C)CC1CCC(C)CC1. The van der Waals surface area contributed by atoms with Gasteiger partial charge in [0.1, 0.15) is 5.15 Å². The topological polar surface area (TPSA) is 40.5 Å². The van der Waals surface area contributed by atoms with E-state index < -0.39 is 0 Å². The van der Waals surface area contributed by atoms with Crippen LogP contribution < -0.4 is 5.32 Å². The monoisotopic (exact) mass is 336 g/mol. The molecule has 0 saturated heterocycles. The van der Waals surface area contributed by atoms with Gasteiger partial charge in [0.2, 0.25) is 0 Å². The van der Waals surface area contributed by atoms with Crippen molar-refractivity contribution >= 4 is 17.6 Å². The summed E-state index contributed by atoms with van der Waals surface area (Å²) in [6, 6.07) is 3.86. The van der Waals surface area contributed by atoms with E-state index >= 15 is 0 Å². The molecule has 1 aliphatic carbocycles. The van der Waals surface area contributed by atoms with Gasteiger partial charge < -0.3 is 10.2 Å². The average Bonchev–Trinajstić information content (AvgIpc) is 2.55. The van der Waals surface area contributed by atoms with Crippen LogP contribution in [0.4, 0.5) is 0 Å². The number of aromatic nitrogens is 1. The van der Waals surface area contributed by atoms with Gasteiger partial charge in [0.15, 0.2) is 5.96 Å². The summed E-state index contributed by atoms with van der Waals surface area (Å²) in [6.07, 6.45) is 8.18. The van der Waals surface area contributed by atoms with Gasteiger partial charge in [-0.05, 0) is 42.7 Å². The van der Waals surface area contributed by atoms with Crippen LogP contribution in [0, 0.1) is 11.8 Å². The molecule has 0 unspecified atom stereocenters. The lowest BCUT2D eigenvalue weighted by Gasteiger charge is -2.31. The average molecular weight is 337 g/mol. The van der Waals surface area contributed by atoms with E-state index in [0.717, 1.165) is 37.3 Å². The van der Waals surface area contributed by atoms with Crippen LogP contribution in [0.2, 0.25) is 5.15 Å². The summed E-state index contributed by atoms with van der Waals surface area (Å²) in [4.78, 5) is 10.8. The van der Waals surface area contributed by atoms with E-state index in [-0.39, 0.29) is 0 Å². The molecule has 5 heteroatoms. The van der Waals surface area contributed by atoms with E-state index in [2.05, 4.69) is 34.2 Å². The summed E-state index contributed by atoms with van der Waals surface area (Å²) >= 11 is 5.81. The second kappa shape index (κ2) is 9.11. The number of hydrogen-bond acceptors (Lipinski definition) is 2. The predicted octanol–water partition coefficient (Wildman–Crippen LogP) is 3.61. The predicted molar refractivity (Wildman–Crippen MR) is 98.1 cm³/mol. The quantitative estimate of drug-likeness (QED) is 0.507. The molecule has 0 radical (unpaired) electrons. The molecule has 1 heterocycles. The maximum Gasteiger partial charge on any atom is 0.193 e. The number of pyridine rings is 1. The Labute approximate surface area is 145 Å². The normalized spacial score (nSPS) is 22.0. The molecule has 1 fully saturated rings. The van der Waals surface area contributed by atoms with Gasteiger partial charge in [-0.3, -0.25) is 4.99 Å². The number of hydrogen-bond donors (Lipinski definition) is 1. The summed E-state index contributed by atoms with van der Waals surface area (Å²) in [7, 11) is 3.99. The van der Waals surface area contributed by atoms with E-state index in [0.29, 0.717) is 5.15 Å². The van der Waals surface area contributed by atoms with Gasteiger partial charge in [-0.15, -0.1) is 0 Å². The Kier molecular flexibility index (Phi) is 7.15. The van der Waals surface area contributed by atoms with Gasteiger partial charge in [0.05, 0.1) is 0 Å². The van der Waals surface area contributed by atoms with Gasteiger partial charge in [0, 0.05) is 33.4 Å². The fourth-order valence-corrected chi connectivity index (χ4v) is 3.35. The highest BCUT2D eigenvalue weighted by Gasteiger charge is 2.20. The first kappa shape index (κ1) is 18.1. The zero-order chi connectivity index (χ0) is 16.7. The maximum absolute atomic E-state index is 5.81. The highest BCUT2D eigenvalue weighted by Crippen LogP contribution is 2.28. The van der Waals surface area contributed by atoms with Gasteiger partial charge in [-0.1, -0.05) is 37.4 Å². The minimum atomic E-state index is 0.541. The summed E-state index contributed by atoms with van der Waals surface area (Å²) < 4.78 is 0. The Morgan fingerprint density at radius 1 is 1.35 bits per heavy atom. The smallest absolute Gasteiger partial charge is 0.193 e. The van der Waals surface area contributed by atoms with Crippen LogP contribution in [0.1, 0.15) is 38.2 Å². The Morgan fingerprint density at radius 2 is 2.09 bits per heavy atom. The fraction of sp³-hybridized carbons (Fsp3) is 0.667. The first-order valence-corrected chi connectivity index (χ1v) is 8.98. The number of rotatable bonds is 5. The van der Waals surface area contributed by atoms with E-state index in [1.807, 2.05) is 25.4 Å². The van der Waals surface area contributed by atoms with Gasteiger partial charge in [-0.2, -0.15) is 0 Å². The number of halogens is 1. The number of aliphatic imine (C=N–C) groups is 1. The van der Waals surface area contributed by atoms with Crippen molar-refractivity contribution in [2.24, 2.45) is 16.8 Å². The molecule has 2 rings (SSSR count). The summed E-state index contributed by atoms with van der Waals surface area (Å²) in [5, 5.41) is 3.99. The van der Waals surface area contributed by atoms with E-state index in [1.165, 1.54) is 31.2 Å². The van der Waals surface area contributed by atoms with Crippen LogP contribution in [0.15, 0.2) is 23.3 Å². The molecule has 0 atom stereocenters. The van der Waals surface area contributed by atoms with Crippen LogP contribution in [0.25, 0.3) is 0 Å². The molecular weight excluding hydrogens is 308 g/mol. The molecule has 23 heavy (non-hydrogen) atoms. The van der Waals surface area contributed by atoms with Crippen molar-refractivity contribution in [2.45, 2.75) is 39.0 Å². The van der Waals surface area contributed by atoms with Crippen molar-refractivity contribution in [1.29, 1.82) is 0 Å². The molecule has 4 nitrogen and oxygen atoms in total. The molecule has 1 N–H and O–H groups in total. The lowest BCUT2D eigenvalue weighted by molar-refractivity contribution is 0.250. The van der Waals surface area contributed by atoms with Crippen molar-refractivity contribution in [1.82, 2.24) is 15.2 Å². The molecule has 1 aromatic heterocycles. The molecule has 128 valence electrons. The second-order valence-electron chi connectivity index (χ2n) is 6.72. The Balaban J connectivity index is 1.74. The standard InChI is InChI=1S/C18H29ClN4/c1-14-4-6-16(7-5-14)13-23(3)18(20-2)21-11-10-15-8-9-17(19)22-12-15/h8-9,12,14,16H,4-7,10-11,13H2,1-3H3,(H,20,21). The van der Waals surface area contributed by atoms with Crippen molar-refractivity contribution in [3.8, 4) is 0 Å². The van der Waals surface area contributed by atoms with Crippen molar-refractivity contribution < 1.29 is 0 Å². The van der Waals surface area contributed by atoms with Crippen LogP contribution >= 0.6 is 11.6 Å². The maximum atomic E-state index is 5.81. The third-order valence-electron chi connectivity index (χ3n) is 4.73. The van der Waals surface area contributed by atoms with Crippen LogP contribution in [-0.4, -0.2) is 43.0 Å². The zero-order valence-corrected chi connectivity index (χ0v) is 15.3. The van der Waals surface area contributed by atoms with Crippen molar-refractivity contribution in [3.63, 3.8) is 0 Å². The number of guanidine groups is 1. The first-order valence-electron chi connectivity index (χ1n) is 8.60. The molecule has 1 aliphatic rings. The van der Waals surface area contributed by atoms with Gasteiger partial charge >= 0.3 is 0 Å². The van der Waals surface area contributed by atoms with E-state index in [4.69, 9.17) is 11.6 Å². The van der Waals surface area contributed by atoms with Crippen LogP contribution in [-0.2, 0) is 6.42 Å². The van der Waals surface area contributed by atoms with Crippen molar-refractivity contribution in [2.75, 3.05) is 27.2 Å². The molecular formula is C18H29ClN4. The lowest BCUT2D eigenvalue weighted by atomic mass is 9.83. The lowest BCUT2D eigenvalue weighted by Crippen LogP contribution is -2.42. The molecule has 0 aliphatic heterocycles. The number of nitrogens with one attached hydrogen (secondary N) is 1. The van der Waals surface area contributed by atoms with Crippen LogP contribution in [0.3, 0.4) is 0 Å². The van der Waals surface area contributed by atoms with Gasteiger partial charge in [0.25, 0.3) is 0 Å². The molecule has 0 bridgehead atoms. The molecule has 0 amide bonds. The summed E-state index contributed by atoms with van der Waals surface area (Å²) in [6.45, 7) is 4.31. The highest BCUT2D eigenvalue weighted by atomic mass is 35.5. The molecule has 0 aromatic carbocycles. The third-order valence-corrected chi connectivity index (χ3v) is 4.95. The number of nitrogens with zero attached hydrogens (tertiary/aromatic N) is 3. The Morgan fingerprint density at radius 3 is 2.70 bits per heavy atom. The fourth-order valence-electron chi connectivity index (χ4n) is 3.24. The molecule has 1 saturated carbocycles. The summed E-state index contributed by atoms with van der Waals surface area (Å²) in [5.41, 5.74) is 1.18. The molecule has 1 aromatic rings. The Bertz CT molecular complexity index is 492. The Hall–Kier alpha value is -1.29. The zero-order valence-electron chi connectivity index (χ0n) is 14.6. The summed E-state index contributed by atoms with van der Waals surface area (Å²) in [5.74, 6) is 2.68. The first-order chi connectivity index (χ1) is 11.1. The van der Waals surface area contributed by atoms with Crippen LogP contribution in [0.5, 0.6) is 0 Å². The second-order valence-corrected chi connectivity index (χ2v) is 7.11. The van der Waals surface area contributed by atoms with E-state index in [1.54, 1.807) is 0 Å². The largest absolute Gasteiger partial charge is 0.356 e. The minimum absolute atomic E-state index is 0.541. The highest BCUT2D eigenvalue weighted by molar-refractivity contribution is 6.29. The molecule has 0 spiro atoms. The van der Waals surface area contributed by atoms with Gasteiger partial charge in [-0.25, -0.2) is 4.98 Å².